The Morgan fingerprint density at radius 1 is 1.33 bits per heavy atom. The van der Waals surface area contributed by atoms with Gasteiger partial charge in [-0.1, -0.05) is 0 Å². The molecule has 0 amide bonds. The van der Waals surface area contributed by atoms with E-state index in [1.54, 1.807) is 7.11 Å². The van der Waals surface area contributed by atoms with Crippen molar-refractivity contribution in [2.45, 2.75) is 13.3 Å². The van der Waals surface area contributed by atoms with Crippen LogP contribution in [0.3, 0.4) is 0 Å². The van der Waals surface area contributed by atoms with Crippen molar-refractivity contribution in [2.75, 3.05) is 7.11 Å². The standard InChI is InChI=1S/C10H13BO/c1-3-10(11)8-4-6-9(12-2)7-5-8/h4-7,11H,3H2,1-2H3. The summed E-state index contributed by atoms with van der Waals surface area (Å²) < 4.78 is 5.05. The van der Waals surface area contributed by atoms with Crippen LogP contribution in [0.4, 0.5) is 0 Å². The van der Waals surface area contributed by atoms with Gasteiger partial charge in [0, 0.05) is 0 Å². The average molecular weight is 160 g/mol. The predicted octanol–water partition coefficient (Wildman–Crippen LogP) is 1.53. The van der Waals surface area contributed by atoms with Crippen LogP contribution < -0.4 is 4.74 Å². The first-order chi connectivity index (χ1) is 5.77. The molecule has 0 N–H and O–H groups in total. The fourth-order valence-corrected chi connectivity index (χ4v) is 1.03. The molecule has 0 aliphatic carbocycles. The summed E-state index contributed by atoms with van der Waals surface area (Å²) in [6.45, 7) is 2.10. The summed E-state index contributed by atoms with van der Waals surface area (Å²) in [5, 5.41) is 0. The van der Waals surface area contributed by atoms with Crippen molar-refractivity contribution in [3.63, 3.8) is 0 Å². The second kappa shape index (κ2) is 4.10. The van der Waals surface area contributed by atoms with E-state index in [0.717, 1.165) is 17.6 Å². The minimum atomic E-state index is 0.891. The van der Waals surface area contributed by atoms with Crippen LogP contribution in [0.2, 0.25) is 0 Å². The molecule has 0 spiro atoms. The summed E-state index contributed by atoms with van der Waals surface area (Å²) in [7, 11) is 5.63. The van der Waals surface area contributed by atoms with E-state index in [-0.39, 0.29) is 0 Å². The van der Waals surface area contributed by atoms with Gasteiger partial charge in [0.05, 0.1) is 0 Å². The van der Waals surface area contributed by atoms with Crippen LogP contribution in [0.25, 0.3) is 0 Å². The van der Waals surface area contributed by atoms with E-state index in [1.807, 2.05) is 24.3 Å². The molecule has 2 heteroatoms. The summed E-state index contributed by atoms with van der Waals surface area (Å²) >= 11 is 0. The van der Waals surface area contributed by atoms with Gasteiger partial charge in [-0.2, -0.15) is 0 Å². The molecule has 0 aromatic heterocycles. The SMILES string of the molecule is B=C(CC)c1ccc(OC)cc1. The predicted molar refractivity (Wildman–Crippen MR) is 54.5 cm³/mol. The molecule has 1 rings (SSSR count). The summed E-state index contributed by atoms with van der Waals surface area (Å²) in [5.41, 5.74) is 2.36. The van der Waals surface area contributed by atoms with Gasteiger partial charge in [-0.3, -0.25) is 0 Å². The third kappa shape index (κ3) is 1.97. The van der Waals surface area contributed by atoms with Crippen molar-refractivity contribution in [1.29, 1.82) is 0 Å². The number of rotatable bonds is 3. The zero-order valence-corrected chi connectivity index (χ0v) is 7.63. The van der Waals surface area contributed by atoms with Crippen molar-refractivity contribution >= 4 is 13.0 Å². The molecule has 12 heavy (non-hydrogen) atoms. The number of methoxy groups -OCH3 is 1. The number of ether oxygens (including phenoxy) is 1. The van der Waals surface area contributed by atoms with Gasteiger partial charge < -0.3 is 0 Å². The van der Waals surface area contributed by atoms with Crippen LogP contribution in [0, 0.1) is 0 Å². The van der Waals surface area contributed by atoms with Gasteiger partial charge >= 0.3 is 73.7 Å². The fraction of sp³-hybridized carbons (Fsp3) is 0.300. The van der Waals surface area contributed by atoms with Crippen LogP contribution in [0.5, 0.6) is 5.75 Å². The van der Waals surface area contributed by atoms with E-state index in [2.05, 4.69) is 14.4 Å². The molecule has 0 aliphatic heterocycles. The van der Waals surface area contributed by atoms with E-state index in [9.17, 15) is 0 Å². The topological polar surface area (TPSA) is 9.23 Å². The van der Waals surface area contributed by atoms with Gasteiger partial charge in [-0.15, -0.1) is 0 Å². The Hall–Kier alpha value is -1.05. The van der Waals surface area contributed by atoms with Crippen LogP contribution >= 0.6 is 0 Å². The zero-order chi connectivity index (χ0) is 8.97. The molecule has 0 aliphatic rings. The van der Waals surface area contributed by atoms with Crippen molar-refractivity contribution in [1.82, 2.24) is 0 Å². The van der Waals surface area contributed by atoms with E-state index in [1.165, 1.54) is 5.56 Å². The molecular formula is C10H13BO. The summed E-state index contributed by atoms with van der Waals surface area (Å²) in [5.74, 6) is 0.891. The van der Waals surface area contributed by atoms with Gasteiger partial charge in [-0.05, 0) is 0 Å². The second-order valence-corrected chi connectivity index (χ2v) is 2.69. The number of benzene rings is 1. The average Bonchev–Trinajstić information content (AvgIpc) is 2.17. The van der Waals surface area contributed by atoms with E-state index < -0.39 is 0 Å². The quantitative estimate of drug-likeness (QED) is 0.609. The van der Waals surface area contributed by atoms with Crippen molar-refractivity contribution in [2.24, 2.45) is 0 Å². The Kier molecular flexibility index (Phi) is 3.09. The Morgan fingerprint density at radius 2 is 1.92 bits per heavy atom. The van der Waals surface area contributed by atoms with Crippen molar-refractivity contribution in [3.05, 3.63) is 29.8 Å². The molecule has 0 radical (unpaired) electrons. The maximum atomic E-state index is 5.05. The second-order valence-electron chi connectivity index (χ2n) is 2.69. The molecule has 1 aromatic carbocycles. The van der Waals surface area contributed by atoms with Crippen molar-refractivity contribution < 1.29 is 4.74 Å². The molecular weight excluding hydrogens is 147 g/mol. The van der Waals surface area contributed by atoms with Gasteiger partial charge in [0.15, 0.2) is 0 Å². The molecule has 0 fully saturated rings. The fourth-order valence-electron chi connectivity index (χ4n) is 1.03. The molecule has 0 unspecified atom stereocenters. The molecule has 0 bridgehead atoms. The van der Waals surface area contributed by atoms with Gasteiger partial charge in [-0.25, -0.2) is 0 Å². The normalized spacial score (nSPS) is 9.42. The van der Waals surface area contributed by atoms with Crippen LogP contribution in [-0.4, -0.2) is 20.1 Å². The number of hydrogen-bond acceptors (Lipinski definition) is 1. The van der Waals surface area contributed by atoms with E-state index >= 15 is 0 Å². The van der Waals surface area contributed by atoms with Crippen LogP contribution in [-0.2, 0) is 0 Å². The summed E-state index contributed by atoms with van der Waals surface area (Å²) in [4.78, 5) is 0. The Morgan fingerprint density at radius 3 is 2.33 bits per heavy atom. The maximum absolute atomic E-state index is 5.05. The Bertz CT molecular complexity index is 264. The van der Waals surface area contributed by atoms with Crippen LogP contribution in [0.1, 0.15) is 18.9 Å². The van der Waals surface area contributed by atoms with E-state index in [4.69, 9.17) is 4.74 Å². The first-order valence-electron chi connectivity index (χ1n) is 4.10. The number of hydrogen-bond donors (Lipinski definition) is 0. The summed E-state index contributed by atoms with van der Waals surface area (Å²) in [6, 6.07) is 7.97. The molecule has 1 nitrogen and oxygen atoms in total. The minimum absolute atomic E-state index is 0.891. The molecule has 0 saturated heterocycles. The Labute approximate surface area is 74.4 Å². The summed E-state index contributed by atoms with van der Waals surface area (Å²) in [6.07, 6.45) is 0.992. The monoisotopic (exact) mass is 160 g/mol. The van der Waals surface area contributed by atoms with Crippen molar-refractivity contribution in [3.8, 4) is 5.75 Å². The molecule has 0 atom stereocenters. The molecule has 0 saturated carbocycles. The van der Waals surface area contributed by atoms with Gasteiger partial charge in [0.2, 0.25) is 0 Å². The third-order valence-electron chi connectivity index (χ3n) is 1.93. The Balaban J connectivity index is 2.84. The van der Waals surface area contributed by atoms with Gasteiger partial charge in [0.1, 0.15) is 0 Å². The zero-order valence-electron chi connectivity index (χ0n) is 7.63. The van der Waals surface area contributed by atoms with E-state index in [0.29, 0.717) is 0 Å². The van der Waals surface area contributed by atoms with Crippen LogP contribution in [0.15, 0.2) is 24.3 Å². The first-order valence-corrected chi connectivity index (χ1v) is 4.10. The molecule has 62 valence electrons. The first kappa shape index (κ1) is 9.05. The molecule has 1 aromatic rings. The molecule has 0 heterocycles. The van der Waals surface area contributed by atoms with Gasteiger partial charge in [0.25, 0.3) is 0 Å². The third-order valence-corrected chi connectivity index (χ3v) is 1.93.